The molecule has 0 saturated carbocycles. The number of carbonyl (C=O) groups excluding carboxylic acids is 2. The van der Waals surface area contributed by atoms with Gasteiger partial charge in [0.05, 0.1) is 13.0 Å². The van der Waals surface area contributed by atoms with Crippen molar-refractivity contribution in [3.8, 4) is 17.2 Å². The van der Waals surface area contributed by atoms with E-state index in [-0.39, 0.29) is 36.4 Å². The molecule has 0 unspecified atom stereocenters. The summed E-state index contributed by atoms with van der Waals surface area (Å²) in [7, 11) is 1.57. The van der Waals surface area contributed by atoms with Crippen LogP contribution in [0, 0.1) is 5.82 Å². The predicted molar refractivity (Wildman–Crippen MR) is 98.5 cm³/mol. The van der Waals surface area contributed by atoms with Gasteiger partial charge < -0.3 is 19.2 Å². The van der Waals surface area contributed by atoms with Crippen molar-refractivity contribution in [3.05, 3.63) is 59.7 Å². The van der Waals surface area contributed by atoms with Crippen molar-refractivity contribution in [2.24, 2.45) is 0 Å². The average Bonchev–Trinajstić information content (AvgIpc) is 3.20. The summed E-state index contributed by atoms with van der Waals surface area (Å²) in [6, 6.07) is 10.9. The zero-order valence-electron chi connectivity index (χ0n) is 15.3. The molecule has 0 fully saturated rings. The van der Waals surface area contributed by atoms with Gasteiger partial charge in [0.15, 0.2) is 6.61 Å². The molecule has 0 bridgehead atoms. The van der Waals surface area contributed by atoms with E-state index >= 15 is 0 Å². The number of benzene rings is 2. The number of fused-ring (bicyclic) bond motifs is 1. The lowest BCUT2D eigenvalue weighted by molar-refractivity contribution is -0.148. The largest absolute Gasteiger partial charge is 0.497 e. The van der Waals surface area contributed by atoms with Gasteiger partial charge in [0.25, 0.3) is 5.89 Å². The highest BCUT2D eigenvalue weighted by molar-refractivity contribution is 5.99. The number of rotatable bonds is 5. The van der Waals surface area contributed by atoms with Gasteiger partial charge in [-0.15, -0.1) is 10.2 Å². The zero-order chi connectivity index (χ0) is 20.4. The van der Waals surface area contributed by atoms with E-state index in [2.05, 4.69) is 15.5 Å². The van der Waals surface area contributed by atoms with Crippen LogP contribution in [0.3, 0.4) is 0 Å². The maximum Gasteiger partial charge on any atom is 0.314 e. The minimum Gasteiger partial charge on any atom is -0.497 e. The quantitative estimate of drug-likeness (QED) is 0.660. The van der Waals surface area contributed by atoms with Crippen molar-refractivity contribution < 1.29 is 27.9 Å². The highest BCUT2D eigenvalue weighted by Gasteiger charge is 2.32. The van der Waals surface area contributed by atoms with Gasteiger partial charge >= 0.3 is 5.97 Å². The molecule has 0 aliphatic carbocycles. The molecule has 3 aromatic rings. The predicted octanol–water partition coefficient (Wildman–Crippen LogP) is 3.05. The Balaban J connectivity index is 1.44. The summed E-state index contributed by atoms with van der Waals surface area (Å²) in [6.07, 6.45) is -0.0849. The number of halogens is 1. The molecular formula is C20H16FN3O5. The highest BCUT2D eigenvalue weighted by atomic mass is 19.1. The zero-order valence-corrected chi connectivity index (χ0v) is 15.3. The van der Waals surface area contributed by atoms with Gasteiger partial charge in [-0.25, -0.2) is 4.39 Å². The molecule has 0 spiro atoms. The molecule has 148 valence electrons. The lowest BCUT2D eigenvalue weighted by atomic mass is 9.90. The molecule has 8 nitrogen and oxygen atoms in total. The normalized spacial score (nSPS) is 15.4. The van der Waals surface area contributed by atoms with E-state index in [0.717, 1.165) is 0 Å². The third-order valence-electron chi connectivity index (χ3n) is 4.48. The minimum absolute atomic E-state index is 0.0849. The second-order valence-electron chi connectivity index (χ2n) is 6.37. The van der Waals surface area contributed by atoms with Crippen molar-refractivity contribution in [1.29, 1.82) is 0 Å². The lowest BCUT2D eigenvalue weighted by Gasteiger charge is -2.23. The minimum atomic E-state index is -0.830. The molecule has 0 radical (unpaired) electrons. The van der Waals surface area contributed by atoms with E-state index < -0.39 is 17.7 Å². The monoisotopic (exact) mass is 397 g/mol. The number of amides is 1. The lowest BCUT2D eigenvalue weighted by Crippen LogP contribution is -2.28. The Labute approximate surface area is 164 Å². The fourth-order valence-electron chi connectivity index (χ4n) is 3.04. The molecule has 1 aliphatic heterocycles. The fraction of sp³-hybridized carbons (Fsp3) is 0.200. The highest BCUT2D eigenvalue weighted by Crippen LogP contribution is 2.33. The summed E-state index contributed by atoms with van der Waals surface area (Å²) in [4.78, 5) is 24.4. The molecule has 1 aliphatic rings. The Morgan fingerprint density at radius 3 is 2.79 bits per heavy atom. The maximum absolute atomic E-state index is 13.4. The van der Waals surface area contributed by atoms with Crippen LogP contribution in [-0.2, 0) is 20.9 Å². The van der Waals surface area contributed by atoms with Crippen LogP contribution >= 0.6 is 0 Å². The van der Waals surface area contributed by atoms with E-state index in [1.165, 1.54) is 18.2 Å². The van der Waals surface area contributed by atoms with E-state index in [9.17, 15) is 14.0 Å². The van der Waals surface area contributed by atoms with Crippen molar-refractivity contribution in [1.82, 2.24) is 10.2 Å². The first-order valence-electron chi connectivity index (χ1n) is 8.76. The van der Waals surface area contributed by atoms with E-state index in [1.54, 1.807) is 31.4 Å². The first-order valence-corrected chi connectivity index (χ1v) is 8.76. The van der Waals surface area contributed by atoms with Crippen molar-refractivity contribution >= 4 is 17.6 Å². The Morgan fingerprint density at radius 2 is 2.03 bits per heavy atom. The molecular weight excluding hydrogens is 381 g/mol. The van der Waals surface area contributed by atoms with E-state index in [1.807, 2.05) is 0 Å². The number of carbonyl (C=O) groups is 2. The fourth-order valence-corrected chi connectivity index (χ4v) is 3.04. The molecule has 1 N–H and O–H groups in total. The van der Waals surface area contributed by atoms with Crippen LogP contribution in [-0.4, -0.2) is 29.2 Å². The summed E-state index contributed by atoms with van der Waals surface area (Å²) >= 11 is 0. The number of ether oxygens (including phenoxy) is 2. The van der Waals surface area contributed by atoms with Gasteiger partial charge in [0.1, 0.15) is 11.6 Å². The van der Waals surface area contributed by atoms with Gasteiger partial charge in [-0.05, 0) is 42.0 Å². The van der Waals surface area contributed by atoms with E-state index in [0.29, 0.717) is 16.9 Å². The van der Waals surface area contributed by atoms with Crippen LogP contribution in [0.2, 0.25) is 0 Å². The summed E-state index contributed by atoms with van der Waals surface area (Å²) in [5.74, 6) is -1.26. The molecule has 4 rings (SSSR count). The second-order valence-corrected chi connectivity index (χ2v) is 6.37. The van der Waals surface area contributed by atoms with Gasteiger partial charge in [-0.2, -0.15) is 0 Å². The third-order valence-corrected chi connectivity index (χ3v) is 4.48. The number of esters is 1. The van der Waals surface area contributed by atoms with Gasteiger partial charge in [-0.3, -0.25) is 9.59 Å². The van der Waals surface area contributed by atoms with E-state index in [4.69, 9.17) is 13.9 Å². The number of nitrogens with zero attached hydrogens (tertiary/aromatic N) is 2. The molecule has 2 aromatic carbocycles. The van der Waals surface area contributed by atoms with Gasteiger partial charge in [-0.1, -0.05) is 6.07 Å². The van der Waals surface area contributed by atoms with Crippen LogP contribution in [0.25, 0.3) is 11.5 Å². The average molecular weight is 397 g/mol. The topological polar surface area (TPSA) is 104 Å². The molecule has 1 aromatic heterocycles. The molecule has 29 heavy (non-hydrogen) atoms. The summed E-state index contributed by atoms with van der Waals surface area (Å²) in [6.45, 7) is -0.239. The molecule has 2 heterocycles. The summed E-state index contributed by atoms with van der Waals surface area (Å²) in [5, 5.41) is 10.4. The van der Waals surface area contributed by atoms with Crippen molar-refractivity contribution in [3.63, 3.8) is 0 Å². The number of aromatic nitrogens is 2. The smallest absolute Gasteiger partial charge is 0.314 e. The van der Waals surface area contributed by atoms with Crippen molar-refractivity contribution in [2.75, 3.05) is 12.4 Å². The van der Waals surface area contributed by atoms with Crippen LogP contribution in [0.5, 0.6) is 5.75 Å². The summed E-state index contributed by atoms with van der Waals surface area (Å²) < 4.78 is 29.3. The Hall–Kier alpha value is -3.75. The Kier molecular flexibility index (Phi) is 4.94. The summed E-state index contributed by atoms with van der Waals surface area (Å²) in [5.41, 5.74) is 1.46. The van der Waals surface area contributed by atoms with Gasteiger partial charge in [0, 0.05) is 17.7 Å². The Morgan fingerprint density at radius 1 is 1.24 bits per heavy atom. The number of hydrogen-bond acceptors (Lipinski definition) is 7. The van der Waals surface area contributed by atoms with Gasteiger partial charge in [0.2, 0.25) is 11.8 Å². The molecule has 1 atom stereocenters. The van der Waals surface area contributed by atoms with Crippen LogP contribution in [0.1, 0.15) is 23.8 Å². The maximum atomic E-state index is 13.4. The third kappa shape index (κ3) is 3.93. The Bertz CT molecular complexity index is 1060. The van der Waals surface area contributed by atoms with Crippen LogP contribution < -0.4 is 10.1 Å². The van der Waals surface area contributed by atoms with Crippen LogP contribution in [0.4, 0.5) is 10.1 Å². The second kappa shape index (κ2) is 7.70. The number of hydrogen-bond donors (Lipinski definition) is 1. The molecule has 1 amide bonds. The number of nitrogens with one attached hydrogen (secondary N) is 1. The molecule has 0 saturated heterocycles. The standard InChI is InChI=1S/C20H16FN3O5/c1-27-13-5-2-11(3-6-13)19-24-23-18(29-19)10-28-20(26)15-9-17(25)22-16-8-12(21)4-7-14(15)16/h2-8,15H,9-10H2,1H3,(H,22,25)/t15-/m0/s1. The molecule has 9 heteroatoms. The van der Waals surface area contributed by atoms with Crippen molar-refractivity contribution in [2.45, 2.75) is 18.9 Å². The van der Waals surface area contributed by atoms with Crippen LogP contribution in [0.15, 0.2) is 46.9 Å². The first kappa shape index (κ1) is 18.6. The SMILES string of the molecule is COc1ccc(-c2nnc(COC(=O)[C@H]3CC(=O)Nc4cc(F)ccc43)o2)cc1. The number of anilines is 1. The number of methoxy groups -OCH3 is 1. The first-order chi connectivity index (χ1) is 14.0.